The number of esters is 1. The van der Waals surface area contributed by atoms with Crippen LogP contribution in [0.15, 0.2) is 40.9 Å². The van der Waals surface area contributed by atoms with Crippen LogP contribution < -0.4 is 4.74 Å². The van der Waals surface area contributed by atoms with Crippen LogP contribution in [-0.4, -0.2) is 12.3 Å². The van der Waals surface area contributed by atoms with E-state index in [1.165, 1.54) is 18.2 Å². The van der Waals surface area contributed by atoms with E-state index >= 15 is 0 Å². The normalized spacial score (nSPS) is 10.2. The number of carbonyl (C=O) groups is 2. The fraction of sp³-hybridized carbons (Fsp3) is 0. The summed E-state index contributed by atoms with van der Waals surface area (Å²) < 4.78 is 5.72. The molecule has 0 bridgehead atoms. The van der Waals surface area contributed by atoms with E-state index in [9.17, 15) is 9.59 Å². The number of halogens is 3. The highest BCUT2D eigenvalue weighted by Gasteiger charge is 2.14. The Balaban J connectivity index is 2.25. The van der Waals surface area contributed by atoms with Crippen LogP contribution in [0.5, 0.6) is 5.75 Å². The molecule has 0 aliphatic carbocycles. The van der Waals surface area contributed by atoms with Crippen molar-refractivity contribution in [1.82, 2.24) is 0 Å². The summed E-state index contributed by atoms with van der Waals surface area (Å²) in [4.78, 5) is 22.6. The second-order valence-corrected chi connectivity index (χ2v) is 5.52. The second-order valence-electron chi connectivity index (χ2n) is 3.82. The third-order valence-electron chi connectivity index (χ3n) is 2.45. The first kappa shape index (κ1) is 15.0. The Labute approximate surface area is 133 Å². The van der Waals surface area contributed by atoms with Gasteiger partial charge in [0.05, 0.1) is 15.1 Å². The number of hydrogen-bond donors (Lipinski definition) is 0. The number of carbonyl (C=O) groups excluding carboxylic acids is 2. The molecule has 0 N–H and O–H groups in total. The van der Waals surface area contributed by atoms with Gasteiger partial charge in [-0.15, -0.1) is 0 Å². The highest BCUT2D eigenvalue weighted by Crippen LogP contribution is 2.28. The first-order valence-electron chi connectivity index (χ1n) is 5.43. The predicted molar refractivity (Wildman–Crippen MR) is 81.0 cm³/mol. The van der Waals surface area contributed by atoms with Gasteiger partial charge < -0.3 is 4.74 Å². The Hall–Kier alpha value is -1.36. The van der Waals surface area contributed by atoms with E-state index in [-0.39, 0.29) is 10.6 Å². The number of benzene rings is 2. The average molecular weight is 374 g/mol. The maximum atomic E-state index is 12.0. The van der Waals surface area contributed by atoms with Gasteiger partial charge in [0.1, 0.15) is 12.0 Å². The van der Waals surface area contributed by atoms with Crippen molar-refractivity contribution in [3.8, 4) is 5.75 Å². The van der Waals surface area contributed by atoms with Crippen molar-refractivity contribution in [2.45, 2.75) is 0 Å². The summed E-state index contributed by atoms with van der Waals surface area (Å²) in [6.45, 7) is 0. The van der Waals surface area contributed by atoms with Gasteiger partial charge in [-0.25, -0.2) is 4.79 Å². The lowest BCUT2D eigenvalue weighted by Gasteiger charge is -2.08. The van der Waals surface area contributed by atoms with E-state index in [4.69, 9.17) is 27.9 Å². The molecule has 2 rings (SSSR count). The zero-order valence-corrected chi connectivity index (χ0v) is 13.0. The molecule has 102 valence electrons. The molecule has 0 aliphatic heterocycles. The third kappa shape index (κ3) is 3.39. The average Bonchev–Trinajstić information content (AvgIpc) is 2.40. The van der Waals surface area contributed by atoms with Gasteiger partial charge in [0.25, 0.3) is 0 Å². The van der Waals surface area contributed by atoms with E-state index in [0.29, 0.717) is 27.1 Å². The molecule has 0 saturated carbocycles. The first-order chi connectivity index (χ1) is 9.51. The summed E-state index contributed by atoms with van der Waals surface area (Å²) in [5.74, 6) is -0.308. The van der Waals surface area contributed by atoms with Gasteiger partial charge in [-0.3, -0.25) is 4.79 Å². The molecule has 0 saturated heterocycles. The number of aldehydes is 1. The van der Waals surface area contributed by atoms with Crippen molar-refractivity contribution in [1.29, 1.82) is 0 Å². The van der Waals surface area contributed by atoms with E-state index < -0.39 is 5.97 Å². The van der Waals surface area contributed by atoms with E-state index in [2.05, 4.69) is 15.9 Å². The summed E-state index contributed by atoms with van der Waals surface area (Å²) in [6.07, 6.45) is 0.701. The molecule has 0 heterocycles. The van der Waals surface area contributed by atoms with Crippen molar-refractivity contribution in [3.05, 3.63) is 62.0 Å². The molecular weight excluding hydrogens is 367 g/mol. The van der Waals surface area contributed by atoms with Crippen LogP contribution in [0.2, 0.25) is 10.0 Å². The van der Waals surface area contributed by atoms with Crippen LogP contribution >= 0.6 is 39.1 Å². The van der Waals surface area contributed by atoms with Crippen LogP contribution in [0.1, 0.15) is 20.7 Å². The number of rotatable bonds is 3. The van der Waals surface area contributed by atoms with Crippen LogP contribution in [-0.2, 0) is 0 Å². The number of ether oxygens (including phenoxy) is 1. The smallest absolute Gasteiger partial charge is 0.345 e. The Morgan fingerprint density at radius 1 is 1.15 bits per heavy atom. The topological polar surface area (TPSA) is 43.4 Å². The first-order valence-corrected chi connectivity index (χ1v) is 6.98. The van der Waals surface area contributed by atoms with E-state index in [1.807, 2.05) is 0 Å². The van der Waals surface area contributed by atoms with E-state index in [1.54, 1.807) is 18.2 Å². The standard InChI is InChI=1S/C14H7BrCl2O3/c15-11-5-8(7-18)1-4-13(11)20-14(19)10-3-2-9(16)6-12(10)17/h1-7H. The van der Waals surface area contributed by atoms with Crippen LogP contribution in [0, 0.1) is 0 Å². The summed E-state index contributed by atoms with van der Waals surface area (Å²) in [7, 11) is 0. The maximum absolute atomic E-state index is 12.0. The Bertz CT molecular complexity index is 686. The SMILES string of the molecule is O=Cc1ccc(OC(=O)c2ccc(Cl)cc2Cl)c(Br)c1. The molecule has 0 aromatic heterocycles. The molecule has 0 radical (unpaired) electrons. The molecule has 2 aromatic rings. The van der Waals surface area contributed by atoms with E-state index in [0.717, 1.165) is 0 Å². The molecule has 0 unspecified atom stereocenters. The molecule has 0 spiro atoms. The molecule has 2 aromatic carbocycles. The van der Waals surface area contributed by atoms with Crippen molar-refractivity contribution < 1.29 is 14.3 Å². The van der Waals surface area contributed by atoms with Gasteiger partial charge in [0.2, 0.25) is 0 Å². The second kappa shape index (κ2) is 6.39. The fourth-order valence-corrected chi connectivity index (χ4v) is 2.45. The molecule has 0 amide bonds. The molecule has 6 heteroatoms. The zero-order chi connectivity index (χ0) is 14.7. The van der Waals surface area contributed by atoms with Gasteiger partial charge in [-0.2, -0.15) is 0 Å². The van der Waals surface area contributed by atoms with Gasteiger partial charge in [0.15, 0.2) is 0 Å². The van der Waals surface area contributed by atoms with Crippen molar-refractivity contribution in [2.75, 3.05) is 0 Å². The Morgan fingerprint density at radius 2 is 1.90 bits per heavy atom. The molecule has 0 atom stereocenters. The highest BCUT2D eigenvalue weighted by molar-refractivity contribution is 9.10. The quantitative estimate of drug-likeness (QED) is 0.441. The largest absolute Gasteiger partial charge is 0.422 e. The maximum Gasteiger partial charge on any atom is 0.345 e. The monoisotopic (exact) mass is 372 g/mol. The summed E-state index contributed by atoms with van der Waals surface area (Å²) in [6, 6.07) is 9.12. The summed E-state index contributed by atoms with van der Waals surface area (Å²) in [5.41, 5.74) is 0.684. The molecule has 20 heavy (non-hydrogen) atoms. The summed E-state index contributed by atoms with van der Waals surface area (Å²) in [5, 5.41) is 0.645. The summed E-state index contributed by atoms with van der Waals surface area (Å²) >= 11 is 14.9. The fourth-order valence-electron chi connectivity index (χ4n) is 1.48. The predicted octanol–water partition coefficient (Wildman–Crippen LogP) is 4.79. The molecular formula is C14H7BrCl2O3. The zero-order valence-electron chi connectivity index (χ0n) is 9.90. The van der Waals surface area contributed by atoms with Crippen LogP contribution in [0.4, 0.5) is 0 Å². The van der Waals surface area contributed by atoms with Crippen molar-refractivity contribution in [2.24, 2.45) is 0 Å². The minimum atomic E-state index is -0.605. The minimum absolute atomic E-state index is 0.211. The molecule has 0 aliphatic rings. The van der Waals surface area contributed by atoms with Crippen molar-refractivity contribution >= 4 is 51.4 Å². The van der Waals surface area contributed by atoms with Crippen molar-refractivity contribution in [3.63, 3.8) is 0 Å². The molecule has 0 fully saturated rings. The molecule has 3 nitrogen and oxygen atoms in total. The van der Waals surface area contributed by atoms with Crippen LogP contribution in [0.25, 0.3) is 0 Å². The lowest BCUT2D eigenvalue weighted by Crippen LogP contribution is -2.09. The van der Waals surface area contributed by atoms with Gasteiger partial charge in [-0.1, -0.05) is 23.2 Å². The number of hydrogen-bond acceptors (Lipinski definition) is 3. The van der Waals surface area contributed by atoms with Gasteiger partial charge in [0, 0.05) is 10.6 Å². The van der Waals surface area contributed by atoms with Gasteiger partial charge in [-0.05, 0) is 52.3 Å². The third-order valence-corrected chi connectivity index (χ3v) is 3.61. The minimum Gasteiger partial charge on any atom is -0.422 e. The van der Waals surface area contributed by atoms with Crippen LogP contribution in [0.3, 0.4) is 0 Å². The van der Waals surface area contributed by atoms with Gasteiger partial charge >= 0.3 is 5.97 Å². The highest BCUT2D eigenvalue weighted by atomic mass is 79.9. The Morgan fingerprint density at radius 3 is 2.50 bits per heavy atom. The Kier molecular flexibility index (Phi) is 4.81. The lowest BCUT2D eigenvalue weighted by atomic mass is 10.2. The lowest BCUT2D eigenvalue weighted by molar-refractivity contribution is 0.0733.